The number of fused-ring (bicyclic) bond motifs is 1. The highest BCUT2D eigenvalue weighted by Gasteiger charge is 2.22. The van der Waals surface area contributed by atoms with Crippen molar-refractivity contribution in [2.24, 2.45) is 5.73 Å². The smallest absolute Gasteiger partial charge is 0.259 e. The van der Waals surface area contributed by atoms with Crippen LogP contribution >= 0.6 is 11.8 Å². The summed E-state index contributed by atoms with van der Waals surface area (Å²) in [7, 11) is 0. The quantitative estimate of drug-likeness (QED) is 0.786. The second-order valence-electron chi connectivity index (χ2n) is 5.05. The molecule has 0 spiro atoms. The molecule has 7 heteroatoms. The summed E-state index contributed by atoms with van der Waals surface area (Å²) in [6.07, 6.45) is 0.282. The van der Waals surface area contributed by atoms with E-state index < -0.39 is 0 Å². The Balaban J connectivity index is 1.75. The van der Waals surface area contributed by atoms with Crippen LogP contribution in [0.2, 0.25) is 0 Å². The van der Waals surface area contributed by atoms with Crippen LogP contribution in [0, 0.1) is 0 Å². The summed E-state index contributed by atoms with van der Waals surface area (Å²) < 4.78 is 10.7. The second kappa shape index (κ2) is 7.27. The van der Waals surface area contributed by atoms with Crippen molar-refractivity contribution in [1.82, 2.24) is 0 Å². The predicted octanol–water partition coefficient (Wildman–Crippen LogP) is 2.64. The molecule has 0 aromatic heterocycles. The van der Waals surface area contributed by atoms with Gasteiger partial charge in [-0.05, 0) is 24.3 Å². The monoisotopic (exact) mass is 344 g/mol. The number of ether oxygens (including phenoxy) is 2. The number of primary amides is 1. The Morgan fingerprint density at radius 2 is 1.96 bits per heavy atom. The number of nitrogens with one attached hydrogen (secondary N) is 1. The summed E-state index contributed by atoms with van der Waals surface area (Å²) in [5.74, 6) is 0.946. The van der Waals surface area contributed by atoms with Gasteiger partial charge >= 0.3 is 0 Å². The van der Waals surface area contributed by atoms with E-state index in [0.29, 0.717) is 28.5 Å². The minimum Gasteiger partial charge on any atom is -0.454 e. The van der Waals surface area contributed by atoms with Crippen LogP contribution in [-0.4, -0.2) is 24.4 Å². The van der Waals surface area contributed by atoms with Crippen molar-refractivity contribution >= 4 is 29.3 Å². The van der Waals surface area contributed by atoms with E-state index in [0.717, 1.165) is 4.90 Å². The molecule has 6 nitrogen and oxygen atoms in total. The Bertz CT molecular complexity index is 779. The van der Waals surface area contributed by atoms with E-state index >= 15 is 0 Å². The SMILES string of the molecule is NC(=O)CCSc1ccccc1NC(=O)c1cccc2c1OCO2. The second-order valence-corrected chi connectivity index (χ2v) is 6.19. The number of carbonyl (C=O) groups is 2. The number of hydrogen-bond donors (Lipinski definition) is 2. The van der Waals surface area contributed by atoms with E-state index in [-0.39, 0.29) is 25.0 Å². The van der Waals surface area contributed by atoms with Crippen molar-refractivity contribution in [2.45, 2.75) is 11.3 Å². The van der Waals surface area contributed by atoms with Gasteiger partial charge in [-0.3, -0.25) is 9.59 Å². The fourth-order valence-corrected chi connectivity index (χ4v) is 3.23. The fraction of sp³-hybridized carbons (Fsp3) is 0.176. The average Bonchev–Trinajstić information content (AvgIpc) is 3.04. The van der Waals surface area contributed by atoms with Gasteiger partial charge in [0.25, 0.3) is 5.91 Å². The van der Waals surface area contributed by atoms with E-state index in [1.807, 2.05) is 24.3 Å². The number of thioether (sulfide) groups is 1. The largest absolute Gasteiger partial charge is 0.454 e. The zero-order valence-corrected chi connectivity index (χ0v) is 13.6. The highest BCUT2D eigenvalue weighted by molar-refractivity contribution is 7.99. The molecule has 124 valence electrons. The number of rotatable bonds is 6. The van der Waals surface area contributed by atoms with Crippen LogP contribution in [0.15, 0.2) is 47.4 Å². The van der Waals surface area contributed by atoms with Crippen molar-refractivity contribution in [3.8, 4) is 11.5 Å². The molecular formula is C17H16N2O4S. The lowest BCUT2D eigenvalue weighted by Crippen LogP contribution is -2.14. The summed E-state index contributed by atoms with van der Waals surface area (Å²) in [6.45, 7) is 0.110. The Morgan fingerprint density at radius 3 is 2.79 bits per heavy atom. The molecule has 1 heterocycles. The van der Waals surface area contributed by atoms with Crippen molar-refractivity contribution in [3.05, 3.63) is 48.0 Å². The number of amides is 2. The topological polar surface area (TPSA) is 90.7 Å². The van der Waals surface area contributed by atoms with Crippen molar-refractivity contribution < 1.29 is 19.1 Å². The minimum absolute atomic E-state index is 0.110. The van der Waals surface area contributed by atoms with Gasteiger partial charge in [0.1, 0.15) is 0 Å². The van der Waals surface area contributed by atoms with Crippen LogP contribution in [0.1, 0.15) is 16.8 Å². The maximum absolute atomic E-state index is 12.6. The molecule has 1 aliphatic heterocycles. The molecule has 2 aromatic rings. The maximum atomic E-state index is 12.6. The molecule has 0 unspecified atom stereocenters. The van der Waals surface area contributed by atoms with Crippen LogP contribution in [0.4, 0.5) is 5.69 Å². The van der Waals surface area contributed by atoms with Gasteiger partial charge in [0.15, 0.2) is 11.5 Å². The summed E-state index contributed by atoms with van der Waals surface area (Å²) >= 11 is 1.47. The van der Waals surface area contributed by atoms with Gasteiger partial charge in [-0.1, -0.05) is 18.2 Å². The lowest BCUT2D eigenvalue weighted by atomic mass is 10.1. The average molecular weight is 344 g/mol. The van der Waals surface area contributed by atoms with Crippen LogP contribution < -0.4 is 20.5 Å². The van der Waals surface area contributed by atoms with E-state index in [1.165, 1.54) is 11.8 Å². The van der Waals surface area contributed by atoms with E-state index in [1.54, 1.807) is 18.2 Å². The van der Waals surface area contributed by atoms with Crippen LogP contribution in [-0.2, 0) is 4.79 Å². The van der Waals surface area contributed by atoms with Gasteiger partial charge in [0.2, 0.25) is 12.7 Å². The number of carbonyl (C=O) groups excluding carboxylic acids is 2. The first-order chi connectivity index (χ1) is 11.6. The minimum atomic E-state index is -0.346. The normalized spacial score (nSPS) is 12.0. The van der Waals surface area contributed by atoms with Crippen molar-refractivity contribution in [3.63, 3.8) is 0 Å². The Kier molecular flexibility index (Phi) is 4.90. The number of nitrogens with two attached hydrogens (primary N) is 1. The maximum Gasteiger partial charge on any atom is 0.259 e. The molecule has 2 amide bonds. The molecule has 2 aromatic carbocycles. The van der Waals surface area contributed by atoms with E-state index in [4.69, 9.17) is 15.2 Å². The molecule has 0 saturated heterocycles. The Morgan fingerprint density at radius 1 is 1.12 bits per heavy atom. The summed E-state index contributed by atoms with van der Waals surface area (Å²) in [5.41, 5.74) is 6.25. The summed E-state index contributed by atoms with van der Waals surface area (Å²) in [4.78, 5) is 24.3. The molecule has 0 atom stereocenters. The molecule has 3 rings (SSSR count). The molecule has 24 heavy (non-hydrogen) atoms. The third kappa shape index (κ3) is 3.62. The first-order valence-corrected chi connectivity index (χ1v) is 8.34. The lowest BCUT2D eigenvalue weighted by molar-refractivity contribution is -0.117. The first-order valence-electron chi connectivity index (χ1n) is 7.35. The van der Waals surface area contributed by atoms with E-state index in [2.05, 4.69) is 5.32 Å². The summed E-state index contributed by atoms with van der Waals surface area (Å²) in [6, 6.07) is 12.6. The molecule has 0 radical (unpaired) electrons. The van der Waals surface area contributed by atoms with Gasteiger partial charge in [0, 0.05) is 17.1 Å². The Labute approximate surface area is 143 Å². The predicted molar refractivity (Wildman–Crippen MR) is 91.5 cm³/mol. The highest BCUT2D eigenvalue weighted by Crippen LogP contribution is 2.36. The van der Waals surface area contributed by atoms with Gasteiger partial charge in [-0.15, -0.1) is 11.8 Å². The zero-order valence-electron chi connectivity index (χ0n) is 12.8. The molecule has 0 fully saturated rings. The zero-order chi connectivity index (χ0) is 16.9. The number of anilines is 1. The van der Waals surface area contributed by atoms with Crippen molar-refractivity contribution in [2.75, 3.05) is 17.9 Å². The van der Waals surface area contributed by atoms with Crippen LogP contribution in [0.5, 0.6) is 11.5 Å². The molecule has 0 aliphatic carbocycles. The first kappa shape index (κ1) is 16.2. The molecule has 1 aliphatic rings. The highest BCUT2D eigenvalue weighted by atomic mass is 32.2. The summed E-state index contributed by atoms with van der Waals surface area (Å²) in [5, 5.41) is 2.88. The Hall–Kier alpha value is -2.67. The van der Waals surface area contributed by atoms with Crippen LogP contribution in [0.25, 0.3) is 0 Å². The third-order valence-corrected chi connectivity index (χ3v) is 4.46. The van der Waals surface area contributed by atoms with Gasteiger partial charge < -0.3 is 20.5 Å². The standard InChI is InChI=1S/C17H16N2O4S/c18-15(20)8-9-24-14-7-2-1-5-12(14)19-17(21)11-4-3-6-13-16(11)23-10-22-13/h1-7H,8-10H2,(H2,18,20)(H,19,21). The molecule has 0 saturated carbocycles. The van der Waals surface area contributed by atoms with Gasteiger partial charge in [0.05, 0.1) is 11.3 Å². The third-order valence-electron chi connectivity index (χ3n) is 3.38. The molecular weight excluding hydrogens is 328 g/mol. The van der Waals surface area contributed by atoms with Gasteiger partial charge in [-0.2, -0.15) is 0 Å². The number of hydrogen-bond acceptors (Lipinski definition) is 5. The fourth-order valence-electron chi connectivity index (χ4n) is 2.26. The number of benzene rings is 2. The van der Waals surface area contributed by atoms with Crippen LogP contribution in [0.3, 0.4) is 0 Å². The molecule has 3 N–H and O–H groups in total. The lowest BCUT2D eigenvalue weighted by Gasteiger charge is -2.11. The van der Waals surface area contributed by atoms with Crippen molar-refractivity contribution in [1.29, 1.82) is 0 Å². The van der Waals surface area contributed by atoms with Gasteiger partial charge in [-0.25, -0.2) is 0 Å². The number of para-hydroxylation sites is 2. The molecule has 0 bridgehead atoms. The van der Waals surface area contributed by atoms with E-state index in [9.17, 15) is 9.59 Å².